The lowest BCUT2D eigenvalue weighted by molar-refractivity contribution is 0.158. The Hall–Kier alpha value is -0.970. The zero-order valence-electron chi connectivity index (χ0n) is 9.37. The normalized spacial score (nSPS) is 10.6. The maximum atomic E-state index is 5.14. The third-order valence-corrected chi connectivity index (χ3v) is 2.05. The second-order valence-corrected chi connectivity index (χ2v) is 3.15. The van der Waals surface area contributed by atoms with E-state index in [0.717, 1.165) is 16.7 Å². The van der Waals surface area contributed by atoms with Gasteiger partial charge in [0.25, 0.3) is 0 Å². The molecule has 0 bridgehead atoms. The van der Waals surface area contributed by atoms with E-state index < -0.39 is 0 Å². The van der Waals surface area contributed by atoms with Crippen LogP contribution in [0.1, 0.15) is 16.7 Å². The van der Waals surface area contributed by atoms with Gasteiger partial charge in [0.05, 0.1) is 26.0 Å². The standard InChI is InChI=1S/C11H16NO3/c1-13-6-9-4-12-5-10(7-14-2)11(9)8-15-3/h4H,6-8H2,1-3H3. The van der Waals surface area contributed by atoms with Crippen molar-refractivity contribution in [2.75, 3.05) is 21.3 Å². The van der Waals surface area contributed by atoms with Crippen molar-refractivity contribution in [1.82, 2.24) is 4.98 Å². The smallest absolute Gasteiger partial charge is 0.0949 e. The number of methoxy groups -OCH3 is 3. The largest absolute Gasteiger partial charge is 0.380 e. The Morgan fingerprint density at radius 1 is 1.07 bits per heavy atom. The average molecular weight is 210 g/mol. The highest BCUT2D eigenvalue weighted by atomic mass is 16.5. The monoisotopic (exact) mass is 210 g/mol. The summed E-state index contributed by atoms with van der Waals surface area (Å²) in [6.07, 6.45) is 4.66. The van der Waals surface area contributed by atoms with Crippen molar-refractivity contribution in [3.8, 4) is 0 Å². The quantitative estimate of drug-likeness (QED) is 0.710. The fourth-order valence-electron chi connectivity index (χ4n) is 1.40. The van der Waals surface area contributed by atoms with E-state index >= 15 is 0 Å². The van der Waals surface area contributed by atoms with Crippen molar-refractivity contribution < 1.29 is 14.2 Å². The molecule has 1 aromatic rings. The molecule has 0 saturated heterocycles. The third kappa shape index (κ3) is 3.27. The molecule has 1 heterocycles. The summed E-state index contributed by atoms with van der Waals surface area (Å²) in [5, 5.41) is 0. The second kappa shape index (κ2) is 6.50. The number of rotatable bonds is 6. The van der Waals surface area contributed by atoms with E-state index in [0.29, 0.717) is 19.8 Å². The lowest BCUT2D eigenvalue weighted by Gasteiger charge is -2.12. The van der Waals surface area contributed by atoms with Crippen LogP contribution in [-0.4, -0.2) is 26.3 Å². The highest BCUT2D eigenvalue weighted by Crippen LogP contribution is 2.15. The lowest BCUT2D eigenvalue weighted by atomic mass is 10.1. The van der Waals surface area contributed by atoms with Crippen LogP contribution in [0.3, 0.4) is 0 Å². The number of hydrogen-bond donors (Lipinski definition) is 0. The molecule has 1 rings (SSSR count). The molecule has 0 fully saturated rings. The van der Waals surface area contributed by atoms with Gasteiger partial charge < -0.3 is 14.2 Å². The van der Waals surface area contributed by atoms with Crippen LogP contribution < -0.4 is 0 Å². The van der Waals surface area contributed by atoms with E-state index in [9.17, 15) is 0 Å². The van der Waals surface area contributed by atoms with Gasteiger partial charge in [-0.25, -0.2) is 0 Å². The van der Waals surface area contributed by atoms with Gasteiger partial charge in [-0.3, -0.25) is 4.98 Å². The summed E-state index contributed by atoms with van der Waals surface area (Å²) in [7, 11) is 4.96. The van der Waals surface area contributed by atoms with Crippen LogP contribution in [0, 0.1) is 6.20 Å². The van der Waals surface area contributed by atoms with Crippen LogP contribution in [0.25, 0.3) is 0 Å². The predicted molar refractivity (Wildman–Crippen MR) is 55.2 cm³/mol. The van der Waals surface area contributed by atoms with Crippen LogP contribution >= 0.6 is 0 Å². The number of hydrogen-bond acceptors (Lipinski definition) is 4. The summed E-state index contributed by atoms with van der Waals surface area (Å²) in [5.74, 6) is 0. The van der Waals surface area contributed by atoms with Crippen molar-refractivity contribution in [2.24, 2.45) is 0 Å². The second-order valence-electron chi connectivity index (χ2n) is 3.15. The van der Waals surface area contributed by atoms with E-state index in [4.69, 9.17) is 14.2 Å². The summed E-state index contributed by atoms with van der Waals surface area (Å²) in [4.78, 5) is 4.02. The Bertz CT molecular complexity index is 278. The molecule has 0 N–H and O–H groups in total. The molecule has 0 aromatic carbocycles. The molecule has 0 aliphatic heterocycles. The fourth-order valence-corrected chi connectivity index (χ4v) is 1.40. The Morgan fingerprint density at radius 2 is 1.73 bits per heavy atom. The van der Waals surface area contributed by atoms with Crippen molar-refractivity contribution in [2.45, 2.75) is 19.8 Å². The molecule has 83 valence electrons. The number of nitrogens with zero attached hydrogens (tertiary/aromatic N) is 1. The van der Waals surface area contributed by atoms with Gasteiger partial charge in [0.1, 0.15) is 0 Å². The molecule has 15 heavy (non-hydrogen) atoms. The molecule has 0 spiro atoms. The molecule has 1 aromatic heterocycles. The molecular formula is C11H16NO3. The minimum atomic E-state index is 0.489. The fraction of sp³-hybridized carbons (Fsp3) is 0.545. The maximum Gasteiger partial charge on any atom is 0.0949 e. The van der Waals surface area contributed by atoms with Crippen molar-refractivity contribution in [1.29, 1.82) is 0 Å². The Kier molecular flexibility index (Phi) is 5.25. The molecule has 4 nitrogen and oxygen atoms in total. The van der Waals surface area contributed by atoms with Crippen LogP contribution in [-0.2, 0) is 34.0 Å². The van der Waals surface area contributed by atoms with Gasteiger partial charge in [-0.1, -0.05) is 0 Å². The van der Waals surface area contributed by atoms with Gasteiger partial charge in [0.15, 0.2) is 0 Å². The summed E-state index contributed by atoms with van der Waals surface area (Å²) in [5.41, 5.74) is 3.00. The van der Waals surface area contributed by atoms with Gasteiger partial charge in [0.2, 0.25) is 0 Å². The molecule has 0 saturated carbocycles. The van der Waals surface area contributed by atoms with E-state index in [2.05, 4.69) is 11.2 Å². The molecule has 0 aliphatic carbocycles. The first-order chi connectivity index (χ1) is 7.33. The van der Waals surface area contributed by atoms with E-state index in [-0.39, 0.29) is 0 Å². The lowest BCUT2D eigenvalue weighted by Crippen LogP contribution is -2.05. The van der Waals surface area contributed by atoms with Crippen molar-refractivity contribution in [3.63, 3.8) is 0 Å². The number of aromatic nitrogens is 1. The first-order valence-electron chi connectivity index (χ1n) is 4.67. The zero-order valence-corrected chi connectivity index (χ0v) is 9.37. The van der Waals surface area contributed by atoms with E-state index in [1.807, 2.05) is 0 Å². The molecule has 0 amide bonds. The molecule has 1 radical (unpaired) electrons. The average Bonchev–Trinajstić information content (AvgIpc) is 2.23. The van der Waals surface area contributed by atoms with Crippen molar-refractivity contribution in [3.05, 3.63) is 29.1 Å². The Balaban J connectivity index is 2.97. The topological polar surface area (TPSA) is 40.6 Å². The first-order valence-corrected chi connectivity index (χ1v) is 4.67. The highest BCUT2D eigenvalue weighted by Gasteiger charge is 2.09. The number of ether oxygens (including phenoxy) is 3. The van der Waals surface area contributed by atoms with Gasteiger partial charge in [-0.15, -0.1) is 0 Å². The summed E-state index contributed by atoms with van der Waals surface area (Å²) in [6, 6.07) is 0. The van der Waals surface area contributed by atoms with Crippen molar-refractivity contribution >= 4 is 0 Å². The predicted octanol–water partition coefficient (Wildman–Crippen LogP) is 1.32. The van der Waals surface area contributed by atoms with Crippen LogP contribution in [0.2, 0.25) is 0 Å². The van der Waals surface area contributed by atoms with Crippen LogP contribution in [0.15, 0.2) is 6.20 Å². The molecule has 4 heteroatoms. The minimum Gasteiger partial charge on any atom is -0.380 e. The molecule has 0 unspecified atom stereocenters. The molecule has 0 aliphatic rings. The van der Waals surface area contributed by atoms with Gasteiger partial charge in [-0.2, -0.15) is 0 Å². The van der Waals surface area contributed by atoms with E-state index in [1.54, 1.807) is 27.5 Å². The third-order valence-electron chi connectivity index (χ3n) is 2.05. The molecule has 0 atom stereocenters. The number of pyridine rings is 1. The van der Waals surface area contributed by atoms with Gasteiger partial charge >= 0.3 is 0 Å². The van der Waals surface area contributed by atoms with Crippen LogP contribution in [0.4, 0.5) is 0 Å². The molecular weight excluding hydrogens is 194 g/mol. The SMILES string of the molecule is COCc1[c]ncc(COC)c1COC. The van der Waals surface area contributed by atoms with Gasteiger partial charge in [-0.05, 0) is 5.56 Å². The Labute approximate surface area is 90.2 Å². The summed E-state index contributed by atoms with van der Waals surface area (Å²) >= 11 is 0. The van der Waals surface area contributed by atoms with Gasteiger partial charge in [0, 0.05) is 38.7 Å². The first kappa shape index (κ1) is 12.1. The minimum absolute atomic E-state index is 0.489. The zero-order chi connectivity index (χ0) is 11.1. The summed E-state index contributed by atoms with van der Waals surface area (Å²) < 4.78 is 15.3. The van der Waals surface area contributed by atoms with E-state index in [1.165, 1.54) is 0 Å². The maximum absolute atomic E-state index is 5.14. The Morgan fingerprint density at radius 3 is 2.33 bits per heavy atom. The highest BCUT2D eigenvalue weighted by molar-refractivity contribution is 5.30. The van der Waals surface area contributed by atoms with Crippen LogP contribution in [0.5, 0.6) is 0 Å². The summed E-state index contributed by atoms with van der Waals surface area (Å²) in [6.45, 7) is 1.54.